The number of amides is 1. The van der Waals surface area contributed by atoms with E-state index in [9.17, 15) is 9.90 Å². The number of aryl methyl sites for hydroxylation is 1. The summed E-state index contributed by atoms with van der Waals surface area (Å²) in [6, 6.07) is 5.67. The number of hydrogen-bond donors (Lipinski definition) is 1. The Kier molecular flexibility index (Phi) is 5.16. The van der Waals surface area contributed by atoms with Gasteiger partial charge >= 0.3 is 0 Å². The number of nitrogens with zero attached hydrogens (tertiary/aromatic N) is 2. The third-order valence-electron chi connectivity index (χ3n) is 5.52. The Morgan fingerprint density at radius 3 is 2.85 bits per heavy atom. The molecule has 26 heavy (non-hydrogen) atoms. The van der Waals surface area contributed by atoms with Crippen molar-refractivity contribution in [2.45, 2.75) is 31.3 Å². The lowest BCUT2D eigenvalue weighted by molar-refractivity contribution is -0.0524. The van der Waals surface area contributed by atoms with E-state index < -0.39 is 5.60 Å². The van der Waals surface area contributed by atoms with Crippen LogP contribution in [-0.2, 0) is 11.2 Å². The maximum Gasteiger partial charge on any atom is 0.254 e. The molecule has 1 aromatic carbocycles. The molecule has 6 nitrogen and oxygen atoms in total. The second kappa shape index (κ2) is 7.55. The third kappa shape index (κ3) is 3.87. The summed E-state index contributed by atoms with van der Waals surface area (Å²) >= 11 is 0. The number of likely N-dealkylation sites (tertiary alicyclic amines) is 1. The first kappa shape index (κ1) is 17.8. The van der Waals surface area contributed by atoms with E-state index in [4.69, 9.17) is 9.47 Å². The van der Waals surface area contributed by atoms with E-state index >= 15 is 0 Å². The fourth-order valence-corrected chi connectivity index (χ4v) is 4.22. The van der Waals surface area contributed by atoms with Gasteiger partial charge in [0.2, 0.25) is 0 Å². The largest absolute Gasteiger partial charge is 0.493 e. The van der Waals surface area contributed by atoms with E-state index in [1.807, 2.05) is 18.2 Å². The molecule has 6 heteroatoms. The summed E-state index contributed by atoms with van der Waals surface area (Å²) in [6.07, 6.45) is 4.28. The van der Waals surface area contributed by atoms with Crippen molar-refractivity contribution in [1.82, 2.24) is 9.80 Å². The highest BCUT2D eigenvalue weighted by Gasteiger charge is 2.37. The Morgan fingerprint density at radius 2 is 2.00 bits per heavy atom. The second-order valence-corrected chi connectivity index (χ2v) is 7.76. The lowest BCUT2D eigenvalue weighted by Crippen LogP contribution is -2.53. The van der Waals surface area contributed by atoms with Gasteiger partial charge in [0, 0.05) is 18.7 Å². The number of carbonyl (C=O) groups is 1. The van der Waals surface area contributed by atoms with Gasteiger partial charge in [0.1, 0.15) is 11.4 Å². The predicted octanol–water partition coefficient (Wildman–Crippen LogP) is 1.31. The quantitative estimate of drug-likeness (QED) is 0.881. The van der Waals surface area contributed by atoms with Crippen molar-refractivity contribution >= 4 is 5.91 Å². The van der Waals surface area contributed by atoms with E-state index in [2.05, 4.69) is 4.90 Å². The fraction of sp³-hybridized carbons (Fsp3) is 0.650. The van der Waals surface area contributed by atoms with Gasteiger partial charge in [-0.05, 0) is 62.5 Å². The molecule has 1 atom stereocenters. The van der Waals surface area contributed by atoms with Crippen LogP contribution in [0.2, 0.25) is 0 Å². The zero-order valence-electron chi connectivity index (χ0n) is 15.3. The van der Waals surface area contributed by atoms with Gasteiger partial charge in [0.25, 0.3) is 5.91 Å². The monoisotopic (exact) mass is 360 g/mol. The zero-order chi connectivity index (χ0) is 18.0. The number of benzene rings is 1. The van der Waals surface area contributed by atoms with Crippen molar-refractivity contribution in [3.8, 4) is 5.75 Å². The number of ether oxygens (including phenoxy) is 2. The SMILES string of the molecule is O=C(c1ccc2c(c1)CCCO2)N1CCOCC(O)(CN2CCCC2)C1. The molecule has 4 rings (SSSR count). The van der Waals surface area contributed by atoms with Crippen LogP contribution in [0.4, 0.5) is 0 Å². The van der Waals surface area contributed by atoms with Crippen LogP contribution in [0.1, 0.15) is 35.2 Å². The lowest BCUT2D eigenvalue weighted by Gasteiger charge is -2.34. The first-order valence-electron chi connectivity index (χ1n) is 9.70. The van der Waals surface area contributed by atoms with Crippen molar-refractivity contribution in [2.24, 2.45) is 0 Å². The molecule has 0 radical (unpaired) electrons. The molecule has 0 aromatic heterocycles. The molecule has 1 amide bonds. The molecule has 1 aromatic rings. The summed E-state index contributed by atoms with van der Waals surface area (Å²) < 4.78 is 11.3. The minimum atomic E-state index is -1.01. The van der Waals surface area contributed by atoms with Crippen molar-refractivity contribution in [1.29, 1.82) is 0 Å². The maximum absolute atomic E-state index is 13.1. The number of carbonyl (C=O) groups excluding carboxylic acids is 1. The summed E-state index contributed by atoms with van der Waals surface area (Å²) in [5.74, 6) is 0.848. The Bertz CT molecular complexity index is 659. The van der Waals surface area contributed by atoms with Crippen LogP contribution < -0.4 is 4.74 Å². The molecule has 2 saturated heterocycles. The normalized spacial score (nSPS) is 26.9. The number of aliphatic hydroxyl groups is 1. The van der Waals surface area contributed by atoms with Gasteiger partial charge in [0.15, 0.2) is 0 Å². The van der Waals surface area contributed by atoms with Crippen LogP contribution in [0.25, 0.3) is 0 Å². The Morgan fingerprint density at radius 1 is 1.15 bits per heavy atom. The van der Waals surface area contributed by atoms with Crippen LogP contribution in [-0.4, -0.2) is 79.0 Å². The minimum Gasteiger partial charge on any atom is -0.493 e. The number of fused-ring (bicyclic) bond motifs is 1. The smallest absolute Gasteiger partial charge is 0.254 e. The van der Waals surface area contributed by atoms with E-state index in [0.29, 0.717) is 31.8 Å². The van der Waals surface area contributed by atoms with Crippen LogP contribution in [0.15, 0.2) is 18.2 Å². The average Bonchev–Trinajstić information content (AvgIpc) is 3.08. The fourth-order valence-electron chi connectivity index (χ4n) is 4.22. The van der Waals surface area contributed by atoms with Crippen molar-refractivity contribution < 1.29 is 19.4 Å². The van der Waals surface area contributed by atoms with E-state index in [1.54, 1.807) is 4.90 Å². The molecule has 0 saturated carbocycles. The van der Waals surface area contributed by atoms with Crippen LogP contribution in [0, 0.1) is 0 Å². The van der Waals surface area contributed by atoms with Crippen LogP contribution in [0.5, 0.6) is 5.75 Å². The van der Waals surface area contributed by atoms with Gasteiger partial charge in [-0.15, -0.1) is 0 Å². The molecule has 1 unspecified atom stereocenters. The lowest BCUT2D eigenvalue weighted by atomic mass is 10.0. The molecule has 1 N–H and O–H groups in total. The maximum atomic E-state index is 13.1. The second-order valence-electron chi connectivity index (χ2n) is 7.76. The Hall–Kier alpha value is -1.63. The number of hydrogen-bond acceptors (Lipinski definition) is 5. The standard InChI is InChI=1S/C20H28N2O4/c23-19(17-5-6-18-16(12-17)4-3-10-26-18)22-9-11-25-15-20(24,14-22)13-21-7-1-2-8-21/h5-6,12,24H,1-4,7-11,13-15H2. The third-order valence-corrected chi connectivity index (χ3v) is 5.52. The van der Waals surface area contributed by atoms with Gasteiger partial charge in [-0.3, -0.25) is 4.79 Å². The summed E-state index contributed by atoms with van der Waals surface area (Å²) in [5, 5.41) is 11.1. The van der Waals surface area contributed by atoms with Gasteiger partial charge < -0.3 is 24.4 Å². The Labute approximate surface area is 154 Å². The van der Waals surface area contributed by atoms with Gasteiger partial charge in [0.05, 0.1) is 26.4 Å². The van der Waals surface area contributed by atoms with Gasteiger partial charge in [-0.1, -0.05) is 0 Å². The summed E-state index contributed by atoms with van der Waals surface area (Å²) in [6.45, 7) is 4.91. The highest BCUT2D eigenvalue weighted by atomic mass is 16.5. The molecular weight excluding hydrogens is 332 g/mol. The molecule has 2 fully saturated rings. The summed E-state index contributed by atoms with van der Waals surface area (Å²) in [5.41, 5.74) is 0.758. The van der Waals surface area contributed by atoms with Gasteiger partial charge in [-0.2, -0.15) is 0 Å². The highest BCUT2D eigenvalue weighted by Crippen LogP contribution is 2.27. The number of β-amino-alcohol motifs (C(OH)–C–C–N with tert-alkyl or cyclic N) is 1. The molecule has 3 heterocycles. The van der Waals surface area contributed by atoms with E-state index in [0.717, 1.165) is 43.9 Å². The van der Waals surface area contributed by atoms with E-state index in [1.165, 1.54) is 12.8 Å². The minimum absolute atomic E-state index is 0.0382. The van der Waals surface area contributed by atoms with Crippen molar-refractivity contribution in [2.75, 3.05) is 52.5 Å². The zero-order valence-corrected chi connectivity index (χ0v) is 15.3. The highest BCUT2D eigenvalue weighted by molar-refractivity contribution is 5.94. The van der Waals surface area contributed by atoms with Gasteiger partial charge in [-0.25, -0.2) is 0 Å². The molecule has 0 bridgehead atoms. The molecular formula is C20H28N2O4. The Balaban J connectivity index is 1.49. The first-order valence-corrected chi connectivity index (χ1v) is 9.70. The molecule has 0 aliphatic carbocycles. The van der Waals surface area contributed by atoms with E-state index in [-0.39, 0.29) is 12.5 Å². The molecule has 142 valence electrons. The first-order chi connectivity index (χ1) is 12.6. The summed E-state index contributed by atoms with van der Waals surface area (Å²) in [7, 11) is 0. The van der Waals surface area contributed by atoms with Crippen molar-refractivity contribution in [3.05, 3.63) is 29.3 Å². The van der Waals surface area contributed by atoms with Crippen molar-refractivity contribution in [3.63, 3.8) is 0 Å². The van der Waals surface area contributed by atoms with Crippen LogP contribution in [0.3, 0.4) is 0 Å². The predicted molar refractivity (Wildman–Crippen MR) is 97.6 cm³/mol. The topological polar surface area (TPSA) is 62.2 Å². The van der Waals surface area contributed by atoms with Crippen LogP contribution >= 0.6 is 0 Å². The number of rotatable bonds is 3. The average molecular weight is 360 g/mol. The summed E-state index contributed by atoms with van der Waals surface area (Å²) in [4.78, 5) is 17.1. The molecule has 3 aliphatic heterocycles. The molecule has 0 spiro atoms. The molecule has 3 aliphatic rings.